The Morgan fingerprint density at radius 2 is 1.60 bits per heavy atom. The number of alkyl halides is 3. The topological polar surface area (TPSA) is 72.9 Å². The highest BCUT2D eigenvalue weighted by molar-refractivity contribution is 7.20. The van der Waals surface area contributed by atoms with Crippen molar-refractivity contribution in [2.24, 2.45) is 5.92 Å². The molecule has 1 aliphatic carbocycles. The first-order valence-electron chi connectivity index (χ1n) is 13.8. The van der Waals surface area contributed by atoms with Crippen molar-refractivity contribution < 1.29 is 27.9 Å². The Kier molecular flexibility index (Phi) is 10.6. The van der Waals surface area contributed by atoms with Crippen LogP contribution < -0.4 is 5.32 Å². The molecule has 0 atom stereocenters. The number of nitrogens with zero attached hydrogens (tertiary/aromatic N) is 2. The van der Waals surface area contributed by atoms with Crippen molar-refractivity contribution >= 4 is 39.0 Å². The van der Waals surface area contributed by atoms with Crippen molar-refractivity contribution in [2.75, 3.05) is 38.0 Å². The average Bonchev–Trinajstić information content (AvgIpc) is 3.25. The molecule has 1 aliphatic heterocycles. The van der Waals surface area contributed by atoms with Crippen molar-refractivity contribution in [1.29, 1.82) is 0 Å². The maximum Gasteiger partial charge on any atom is 0.490 e. The zero-order chi connectivity index (χ0) is 28.5. The van der Waals surface area contributed by atoms with Gasteiger partial charge < -0.3 is 15.3 Å². The minimum Gasteiger partial charge on any atom is -0.475 e. The van der Waals surface area contributed by atoms with Gasteiger partial charge in [-0.2, -0.15) is 13.2 Å². The summed E-state index contributed by atoms with van der Waals surface area (Å²) in [7, 11) is 0. The van der Waals surface area contributed by atoms with E-state index in [1.807, 2.05) is 24.3 Å². The summed E-state index contributed by atoms with van der Waals surface area (Å²) in [5.41, 5.74) is 2.15. The number of carboxylic acid groups (broad SMARTS) is 1. The van der Waals surface area contributed by atoms with Gasteiger partial charge in [0.15, 0.2) is 0 Å². The van der Waals surface area contributed by atoms with Crippen LogP contribution in [-0.4, -0.2) is 65.7 Å². The molecule has 0 bridgehead atoms. The van der Waals surface area contributed by atoms with Crippen LogP contribution >= 0.6 is 11.3 Å². The summed E-state index contributed by atoms with van der Waals surface area (Å²) < 4.78 is 32.9. The number of thiophene rings is 1. The zero-order valence-corrected chi connectivity index (χ0v) is 23.3. The number of carbonyl (C=O) groups is 2. The number of benzene rings is 2. The summed E-state index contributed by atoms with van der Waals surface area (Å²) in [6.07, 6.45) is 3.32. The smallest absolute Gasteiger partial charge is 0.475 e. The van der Waals surface area contributed by atoms with Crippen LogP contribution in [-0.2, 0) is 11.3 Å². The number of hydrogen-bond donors (Lipinski definition) is 2. The van der Waals surface area contributed by atoms with E-state index in [0.29, 0.717) is 0 Å². The van der Waals surface area contributed by atoms with Gasteiger partial charge in [-0.15, -0.1) is 11.3 Å². The maximum absolute atomic E-state index is 12.8. The van der Waals surface area contributed by atoms with Crippen molar-refractivity contribution in [3.8, 4) is 0 Å². The molecule has 1 aromatic heterocycles. The number of fused-ring (bicyclic) bond motifs is 1. The highest BCUT2D eigenvalue weighted by Gasteiger charge is 2.38. The van der Waals surface area contributed by atoms with Gasteiger partial charge in [0.05, 0.1) is 4.88 Å². The Morgan fingerprint density at radius 3 is 2.33 bits per heavy atom. The molecule has 2 N–H and O–H groups in total. The SMILES string of the molecule is O=C(Nc1cccc(CN2CCCN(CC3CCCCC3)CC2)c1)c1cc2ccccc2s1.O=C(O)C(F)(F)F. The van der Waals surface area contributed by atoms with Gasteiger partial charge in [0, 0.05) is 36.6 Å². The van der Waals surface area contributed by atoms with Crippen LogP contribution in [0.4, 0.5) is 18.9 Å². The first-order valence-corrected chi connectivity index (χ1v) is 14.6. The molecule has 0 radical (unpaired) electrons. The normalized spacial score (nSPS) is 17.6. The van der Waals surface area contributed by atoms with Gasteiger partial charge in [-0.25, -0.2) is 4.79 Å². The number of carboxylic acids is 1. The summed E-state index contributed by atoms with van der Waals surface area (Å²) >= 11 is 1.55. The van der Waals surface area contributed by atoms with E-state index in [0.717, 1.165) is 46.2 Å². The summed E-state index contributed by atoms with van der Waals surface area (Å²) in [6.45, 7) is 6.94. The molecule has 10 heteroatoms. The molecule has 2 aliphatic rings. The van der Waals surface area contributed by atoms with Gasteiger partial charge in [0.2, 0.25) is 0 Å². The van der Waals surface area contributed by atoms with E-state index >= 15 is 0 Å². The van der Waals surface area contributed by atoms with Crippen molar-refractivity contribution in [3.05, 3.63) is 65.0 Å². The molecule has 40 heavy (non-hydrogen) atoms. The highest BCUT2D eigenvalue weighted by Crippen LogP contribution is 2.27. The fraction of sp³-hybridized carbons (Fsp3) is 0.467. The number of carbonyl (C=O) groups excluding carboxylic acids is 1. The lowest BCUT2D eigenvalue weighted by atomic mass is 9.89. The molecule has 0 unspecified atom stereocenters. The minimum absolute atomic E-state index is 0.0264. The van der Waals surface area contributed by atoms with E-state index in [2.05, 4.69) is 45.4 Å². The highest BCUT2D eigenvalue weighted by atomic mass is 32.1. The predicted molar refractivity (Wildman–Crippen MR) is 153 cm³/mol. The summed E-state index contributed by atoms with van der Waals surface area (Å²) in [5.74, 6) is -1.86. The van der Waals surface area contributed by atoms with Gasteiger partial charge in [-0.1, -0.05) is 49.6 Å². The van der Waals surface area contributed by atoms with Gasteiger partial charge in [0.25, 0.3) is 5.91 Å². The predicted octanol–water partition coefficient (Wildman–Crippen LogP) is 6.87. The number of halogens is 3. The third-order valence-electron chi connectivity index (χ3n) is 7.41. The van der Waals surface area contributed by atoms with Crippen LogP contribution in [0.3, 0.4) is 0 Å². The van der Waals surface area contributed by atoms with Crippen molar-refractivity contribution in [2.45, 2.75) is 51.2 Å². The minimum atomic E-state index is -5.08. The summed E-state index contributed by atoms with van der Waals surface area (Å²) in [6, 6.07) is 18.5. The van der Waals surface area contributed by atoms with Gasteiger partial charge in [-0.3, -0.25) is 9.69 Å². The molecular weight excluding hydrogens is 539 g/mol. The molecule has 1 amide bonds. The molecule has 5 rings (SSSR count). The van der Waals surface area contributed by atoms with Gasteiger partial charge >= 0.3 is 12.1 Å². The molecule has 1 saturated carbocycles. The maximum atomic E-state index is 12.8. The van der Waals surface area contributed by atoms with Gasteiger partial charge in [-0.05, 0) is 73.5 Å². The van der Waals surface area contributed by atoms with E-state index in [4.69, 9.17) is 9.90 Å². The molecular formula is C30H36F3N3O3S. The van der Waals surface area contributed by atoms with E-state index in [1.54, 1.807) is 11.3 Å². The first kappa shape index (κ1) is 30.0. The second-order valence-corrected chi connectivity index (χ2v) is 11.6. The third kappa shape index (κ3) is 9.04. The lowest BCUT2D eigenvalue weighted by Gasteiger charge is -2.29. The molecule has 1 saturated heterocycles. The Morgan fingerprint density at radius 1 is 0.900 bits per heavy atom. The Balaban J connectivity index is 0.000000470. The summed E-state index contributed by atoms with van der Waals surface area (Å²) in [5, 5.41) is 11.4. The summed E-state index contributed by atoms with van der Waals surface area (Å²) in [4.78, 5) is 27.7. The molecule has 2 fully saturated rings. The van der Waals surface area contributed by atoms with Crippen LogP contribution in [0.15, 0.2) is 54.6 Å². The average molecular weight is 576 g/mol. The number of nitrogens with one attached hydrogen (secondary N) is 1. The number of hydrogen-bond acceptors (Lipinski definition) is 5. The van der Waals surface area contributed by atoms with Crippen LogP contribution in [0.25, 0.3) is 10.1 Å². The molecule has 0 spiro atoms. The number of aliphatic carboxylic acids is 1. The van der Waals surface area contributed by atoms with E-state index < -0.39 is 12.1 Å². The Labute approximate surface area is 236 Å². The van der Waals surface area contributed by atoms with Gasteiger partial charge in [0.1, 0.15) is 0 Å². The van der Waals surface area contributed by atoms with E-state index in [1.165, 1.54) is 63.7 Å². The lowest BCUT2D eigenvalue weighted by Crippen LogP contribution is -2.34. The lowest BCUT2D eigenvalue weighted by molar-refractivity contribution is -0.192. The third-order valence-corrected chi connectivity index (χ3v) is 8.52. The van der Waals surface area contributed by atoms with Crippen LogP contribution in [0.5, 0.6) is 0 Å². The van der Waals surface area contributed by atoms with Crippen LogP contribution in [0, 0.1) is 5.92 Å². The van der Waals surface area contributed by atoms with Crippen LogP contribution in [0.1, 0.15) is 53.8 Å². The van der Waals surface area contributed by atoms with Crippen LogP contribution in [0.2, 0.25) is 0 Å². The van der Waals surface area contributed by atoms with Crippen molar-refractivity contribution in [3.63, 3.8) is 0 Å². The molecule has 2 aromatic carbocycles. The zero-order valence-electron chi connectivity index (χ0n) is 22.5. The Hall–Kier alpha value is -2.95. The molecule has 2 heterocycles. The quantitative estimate of drug-likeness (QED) is 0.336. The molecule has 216 valence electrons. The standard InChI is InChI=1S/C28H35N3OS.C2HF3O2/c32-28(27-19-24-11-4-5-13-26(24)33-27)29-25-12-6-10-23(18-25)21-31-15-7-14-30(16-17-31)20-22-8-2-1-3-9-22;3-2(4,5)1(6)7/h4-6,10-13,18-19,22H,1-3,7-9,14-17,20-21H2,(H,29,32);(H,6,7). The number of rotatable bonds is 6. The largest absolute Gasteiger partial charge is 0.490 e. The van der Waals surface area contributed by atoms with E-state index in [9.17, 15) is 18.0 Å². The second-order valence-electron chi connectivity index (χ2n) is 10.5. The second kappa shape index (κ2) is 14.1. The van der Waals surface area contributed by atoms with Crippen molar-refractivity contribution in [1.82, 2.24) is 9.80 Å². The molecule has 3 aromatic rings. The Bertz CT molecular complexity index is 1240. The fourth-order valence-electron chi connectivity index (χ4n) is 5.39. The molecule has 6 nitrogen and oxygen atoms in total. The number of anilines is 1. The monoisotopic (exact) mass is 575 g/mol. The van der Waals surface area contributed by atoms with E-state index in [-0.39, 0.29) is 5.91 Å². The fourth-order valence-corrected chi connectivity index (χ4v) is 6.35. The first-order chi connectivity index (χ1) is 19.2. The number of amides is 1.